The Bertz CT molecular complexity index is 2520. The molecule has 0 aliphatic carbocycles. The second kappa shape index (κ2) is 12.2. The predicted octanol–water partition coefficient (Wildman–Crippen LogP) is 10.5. The van der Waals surface area contributed by atoms with Crippen molar-refractivity contribution < 1.29 is 4.42 Å². The quantitative estimate of drug-likeness (QED) is 0.199. The number of hydrogen-bond donors (Lipinski definition) is 1. The van der Waals surface area contributed by atoms with Crippen molar-refractivity contribution in [2.24, 2.45) is 4.99 Å². The highest BCUT2D eigenvalue weighted by Crippen LogP contribution is 2.37. The lowest BCUT2D eigenvalue weighted by molar-refractivity contribution is 0.585. The highest BCUT2D eigenvalue weighted by molar-refractivity contribution is 6.07. The summed E-state index contributed by atoms with van der Waals surface area (Å²) in [5, 5.41) is 17.0. The number of nitrogens with one attached hydrogen (secondary N) is 1. The van der Waals surface area contributed by atoms with Gasteiger partial charge >= 0.3 is 0 Å². The minimum Gasteiger partial charge on any atom is -0.416 e. The molecule has 0 bridgehead atoms. The van der Waals surface area contributed by atoms with Crippen LogP contribution in [0.3, 0.4) is 0 Å². The van der Waals surface area contributed by atoms with Crippen molar-refractivity contribution in [1.29, 1.82) is 0 Å². The molecule has 2 heterocycles. The van der Waals surface area contributed by atoms with Crippen molar-refractivity contribution in [2.75, 3.05) is 0 Å². The van der Waals surface area contributed by atoms with E-state index in [4.69, 9.17) is 9.41 Å². The van der Waals surface area contributed by atoms with Gasteiger partial charge in [0, 0.05) is 22.3 Å². The molecule has 232 valence electrons. The Morgan fingerprint density at radius 2 is 1.06 bits per heavy atom. The monoisotopic (exact) mass is 630 g/mol. The van der Waals surface area contributed by atoms with Gasteiger partial charge in [0.1, 0.15) is 5.84 Å². The molecular weight excluding hydrogens is 601 g/mol. The molecule has 1 atom stereocenters. The second-order valence-electron chi connectivity index (χ2n) is 12.2. The van der Waals surface area contributed by atoms with Crippen molar-refractivity contribution in [1.82, 2.24) is 15.5 Å². The second-order valence-corrected chi connectivity index (χ2v) is 12.2. The number of benzene rings is 7. The molecule has 0 amide bonds. The van der Waals surface area contributed by atoms with E-state index in [1.165, 1.54) is 22.1 Å². The molecule has 1 N–H and O–H groups in total. The van der Waals surface area contributed by atoms with Crippen LogP contribution in [0.25, 0.3) is 61.3 Å². The smallest absolute Gasteiger partial charge is 0.248 e. The molecule has 8 aromatic rings. The average Bonchev–Trinajstić information content (AvgIpc) is 3.68. The summed E-state index contributed by atoms with van der Waals surface area (Å²) >= 11 is 0. The average molecular weight is 631 g/mol. The van der Waals surface area contributed by atoms with Crippen LogP contribution < -0.4 is 5.32 Å². The van der Waals surface area contributed by atoms with Gasteiger partial charge in [0.05, 0.1) is 11.7 Å². The number of amidine groups is 1. The fourth-order valence-electron chi connectivity index (χ4n) is 6.61. The molecule has 0 radical (unpaired) electrons. The Morgan fingerprint density at radius 1 is 0.469 bits per heavy atom. The maximum atomic E-state index is 6.32. The van der Waals surface area contributed by atoms with Crippen LogP contribution in [0.15, 0.2) is 179 Å². The Hall–Kier alpha value is -6.59. The zero-order chi connectivity index (χ0) is 32.6. The molecule has 0 saturated carbocycles. The van der Waals surface area contributed by atoms with Gasteiger partial charge in [-0.2, -0.15) is 0 Å². The topological polar surface area (TPSA) is 63.3 Å². The molecule has 1 unspecified atom stereocenters. The van der Waals surface area contributed by atoms with Crippen molar-refractivity contribution in [3.8, 4) is 34.0 Å². The van der Waals surface area contributed by atoms with E-state index < -0.39 is 0 Å². The standard InChI is InChI=1S/C44H30N4O/c1-3-11-29(12-4-1)31-19-22-33(23-20-31)42-45-40(32-14-5-2-6-15-32)28-41(46-42)38-25-26-39(37-18-10-9-17-36(37)38)44-48-47-43(49-44)35-24-21-30-13-7-8-16-34(30)27-35/h1-28,40H,(H,45,46). The molecule has 0 spiro atoms. The molecular formula is C44H30N4O. The maximum Gasteiger partial charge on any atom is 0.248 e. The van der Waals surface area contributed by atoms with E-state index in [1.54, 1.807) is 0 Å². The SMILES string of the molecule is C1=C(c2ccc(-c3nnc(-c4ccc5ccccc5c4)o3)c3ccccc23)N=C(c2ccc(-c3ccccc3)cc2)NC1c1ccccc1. The van der Waals surface area contributed by atoms with Gasteiger partial charge in [-0.15, -0.1) is 10.2 Å². The first-order chi connectivity index (χ1) is 24.3. The summed E-state index contributed by atoms with van der Waals surface area (Å²) in [7, 11) is 0. The van der Waals surface area contributed by atoms with Crippen LogP contribution in [-0.2, 0) is 0 Å². The van der Waals surface area contributed by atoms with Crippen LogP contribution in [0, 0.1) is 0 Å². The summed E-state index contributed by atoms with van der Waals surface area (Å²) < 4.78 is 6.32. The van der Waals surface area contributed by atoms with E-state index in [2.05, 4.69) is 149 Å². The fourth-order valence-corrected chi connectivity index (χ4v) is 6.61. The number of hydrogen-bond acceptors (Lipinski definition) is 5. The summed E-state index contributed by atoms with van der Waals surface area (Å²) in [5.74, 6) is 1.80. The van der Waals surface area contributed by atoms with Gasteiger partial charge in [0.15, 0.2) is 0 Å². The van der Waals surface area contributed by atoms with E-state index in [1.807, 2.05) is 36.4 Å². The summed E-state index contributed by atoms with van der Waals surface area (Å²) in [6, 6.07) is 56.5. The van der Waals surface area contributed by atoms with Crippen molar-refractivity contribution in [2.45, 2.75) is 6.04 Å². The maximum absolute atomic E-state index is 6.32. The van der Waals surface area contributed by atoms with Crippen LogP contribution in [0.1, 0.15) is 22.7 Å². The van der Waals surface area contributed by atoms with E-state index in [9.17, 15) is 0 Å². The van der Waals surface area contributed by atoms with E-state index in [0.29, 0.717) is 11.8 Å². The third-order valence-electron chi connectivity index (χ3n) is 9.13. The summed E-state index contributed by atoms with van der Waals surface area (Å²) in [6.45, 7) is 0. The van der Waals surface area contributed by atoms with E-state index in [-0.39, 0.29) is 6.04 Å². The van der Waals surface area contributed by atoms with Gasteiger partial charge in [-0.1, -0.05) is 146 Å². The minimum absolute atomic E-state index is 0.0589. The van der Waals surface area contributed by atoms with Crippen LogP contribution in [0.5, 0.6) is 0 Å². The molecule has 5 nitrogen and oxygen atoms in total. The Kier molecular flexibility index (Phi) is 7.13. The third-order valence-corrected chi connectivity index (χ3v) is 9.13. The zero-order valence-electron chi connectivity index (χ0n) is 26.5. The highest BCUT2D eigenvalue weighted by atomic mass is 16.4. The lowest BCUT2D eigenvalue weighted by Gasteiger charge is -2.25. The highest BCUT2D eigenvalue weighted by Gasteiger charge is 2.22. The van der Waals surface area contributed by atoms with Crippen LogP contribution in [0.4, 0.5) is 0 Å². The summed E-state index contributed by atoms with van der Waals surface area (Å²) in [4.78, 5) is 5.24. The van der Waals surface area contributed by atoms with Gasteiger partial charge in [0.25, 0.3) is 0 Å². The molecule has 0 saturated heterocycles. The largest absolute Gasteiger partial charge is 0.416 e. The number of aliphatic imine (C=N–C) groups is 1. The Morgan fingerprint density at radius 3 is 1.86 bits per heavy atom. The Labute approximate surface area is 283 Å². The molecule has 49 heavy (non-hydrogen) atoms. The lowest BCUT2D eigenvalue weighted by Crippen LogP contribution is -2.31. The zero-order valence-corrected chi connectivity index (χ0v) is 26.5. The third kappa shape index (κ3) is 5.47. The lowest BCUT2D eigenvalue weighted by atomic mass is 9.94. The Balaban J connectivity index is 1.12. The van der Waals surface area contributed by atoms with Gasteiger partial charge in [-0.05, 0) is 62.5 Å². The first-order valence-corrected chi connectivity index (χ1v) is 16.4. The summed E-state index contributed by atoms with van der Waals surface area (Å²) in [6.07, 6.45) is 2.21. The van der Waals surface area contributed by atoms with Gasteiger partial charge in [-0.3, -0.25) is 0 Å². The molecule has 5 heteroatoms. The van der Waals surface area contributed by atoms with E-state index >= 15 is 0 Å². The molecule has 1 aliphatic rings. The van der Waals surface area contributed by atoms with Crippen LogP contribution in [-0.4, -0.2) is 16.0 Å². The van der Waals surface area contributed by atoms with Gasteiger partial charge in [-0.25, -0.2) is 4.99 Å². The number of aromatic nitrogens is 2. The van der Waals surface area contributed by atoms with Crippen LogP contribution >= 0.6 is 0 Å². The molecule has 7 aromatic carbocycles. The molecule has 1 aromatic heterocycles. The van der Waals surface area contributed by atoms with Crippen molar-refractivity contribution in [3.63, 3.8) is 0 Å². The molecule has 9 rings (SSSR count). The van der Waals surface area contributed by atoms with Crippen LogP contribution in [0.2, 0.25) is 0 Å². The predicted molar refractivity (Wildman–Crippen MR) is 199 cm³/mol. The first-order valence-electron chi connectivity index (χ1n) is 16.4. The number of fused-ring (bicyclic) bond motifs is 2. The van der Waals surface area contributed by atoms with Crippen molar-refractivity contribution >= 4 is 33.1 Å². The molecule has 1 aliphatic heterocycles. The normalized spacial score (nSPS) is 14.3. The van der Waals surface area contributed by atoms with Crippen molar-refractivity contribution in [3.05, 3.63) is 187 Å². The summed E-state index contributed by atoms with van der Waals surface area (Å²) in [5.41, 5.74) is 8.27. The minimum atomic E-state index is -0.0589. The number of rotatable bonds is 6. The van der Waals surface area contributed by atoms with E-state index in [0.717, 1.165) is 49.9 Å². The first kappa shape index (κ1) is 28.6. The van der Waals surface area contributed by atoms with Gasteiger partial charge < -0.3 is 9.73 Å². The fraction of sp³-hybridized carbons (Fsp3) is 0.0227. The number of nitrogens with zero attached hydrogens (tertiary/aromatic N) is 3. The van der Waals surface area contributed by atoms with Gasteiger partial charge in [0.2, 0.25) is 11.8 Å². The molecule has 0 fully saturated rings.